The third-order valence-electron chi connectivity index (χ3n) is 2.95. The zero-order valence-electron chi connectivity index (χ0n) is 11.9. The second-order valence-corrected chi connectivity index (χ2v) is 4.87. The lowest BCUT2D eigenvalue weighted by molar-refractivity contribution is -0.384. The molecule has 0 spiro atoms. The average Bonchev–Trinajstić information content (AvgIpc) is 2.54. The standard InChI is InChI=1S/C15H15N3O3S/c1-21-14-8-2-11(3-9-14)10-16-15(22)17-12-4-6-13(7-5-12)18(19)20/h2-9H,10H2,1H3,(H2,16,17,22). The number of nitrogens with zero attached hydrogens (tertiary/aromatic N) is 1. The van der Waals surface area contributed by atoms with E-state index in [0.717, 1.165) is 11.3 Å². The van der Waals surface area contributed by atoms with Gasteiger partial charge in [0.2, 0.25) is 0 Å². The molecule has 114 valence electrons. The van der Waals surface area contributed by atoms with Crippen LogP contribution >= 0.6 is 12.2 Å². The topological polar surface area (TPSA) is 76.4 Å². The molecule has 0 atom stereocenters. The molecule has 0 saturated heterocycles. The second kappa shape index (κ2) is 7.37. The third-order valence-corrected chi connectivity index (χ3v) is 3.19. The van der Waals surface area contributed by atoms with Crippen LogP contribution in [-0.2, 0) is 6.54 Å². The highest BCUT2D eigenvalue weighted by Gasteiger charge is 2.04. The minimum Gasteiger partial charge on any atom is -0.497 e. The van der Waals surface area contributed by atoms with Crippen molar-refractivity contribution in [2.75, 3.05) is 12.4 Å². The Balaban J connectivity index is 1.85. The Morgan fingerprint density at radius 3 is 2.36 bits per heavy atom. The first-order valence-corrected chi connectivity index (χ1v) is 6.91. The highest BCUT2D eigenvalue weighted by Crippen LogP contribution is 2.15. The molecule has 0 heterocycles. The van der Waals surface area contributed by atoms with Crippen molar-refractivity contribution in [1.29, 1.82) is 0 Å². The number of rotatable bonds is 5. The fourth-order valence-corrected chi connectivity index (χ4v) is 1.96. The zero-order valence-corrected chi connectivity index (χ0v) is 12.7. The highest BCUT2D eigenvalue weighted by molar-refractivity contribution is 7.80. The summed E-state index contributed by atoms with van der Waals surface area (Å²) in [5.41, 5.74) is 1.80. The molecule has 6 nitrogen and oxygen atoms in total. The molecule has 0 amide bonds. The predicted octanol–water partition coefficient (Wildman–Crippen LogP) is 3.09. The van der Waals surface area contributed by atoms with Crippen LogP contribution in [0.2, 0.25) is 0 Å². The summed E-state index contributed by atoms with van der Waals surface area (Å²) in [4.78, 5) is 10.1. The Labute approximate surface area is 133 Å². The molecule has 0 bridgehead atoms. The highest BCUT2D eigenvalue weighted by atomic mass is 32.1. The Bertz CT molecular complexity index is 657. The lowest BCUT2D eigenvalue weighted by atomic mass is 10.2. The van der Waals surface area contributed by atoms with E-state index >= 15 is 0 Å². The van der Waals surface area contributed by atoms with E-state index in [2.05, 4.69) is 10.6 Å². The van der Waals surface area contributed by atoms with Gasteiger partial charge in [0.15, 0.2) is 5.11 Å². The van der Waals surface area contributed by atoms with Gasteiger partial charge in [-0.1, -0.05) is 12.1 Å². The largest absolute Gasteiger partial charge is 0.497 e. The minimum absolute atomic E-state index is 0.0441. The zero-order chi connectivity index (χ0) is 15.9. The Kier molecular flexibility index (Phi) is 5.26. The van der Waals surface area contributed by atoms with E-state index in [1.807, 2.05) is 24.3 Å². The number of nitro groups is 1. The Morgan fingerprint density at radius 1 is 1.18 bits per heavy atom. The summed E-state index contributed by atoms with van der Waals surface area (Å²) < 4.78 is 5.09. The molecule has 22 heavy (non-hydrogen) atoms. The maximum atomic E-state index is 10.6. The summed E-state index contributed by atoms with van der Waals surface area (Å²) in [6.45, 7) is 0.572. The van der Waals surface area contributed by atoms with E-state index in [0.29, 0.717) is 17.3 Å². The van der Waals surface area contributed by atoms with E-state index in [9.17, 15) is 10.1 Å². The van der Waals surface area contributed by atoms with Gasteiger partial charge in [0.05, 0.1) is 12.0 Å². The summed E-state index contributed by atoms with van der Waals surface area (Å²) in [5, 5.41) is 17.1. The number of nitro benzene ring substituents is 1. The van der Waals surface area contributed by atoms with E-state index in [1.165, 1.54) is 12.1 Å². The molecule has 0 aliphatic carbocycles. The van der Waals surface area contributed by atoms with Crippen LogP contribution in [0, 0.1) is 10.1 Å². The number of hydrogen-bond donors (Lipinski definition) is 2. The van der Waals surface area contributed by atoms with Gasteiger partial charge in [-0.3, -0.25) is 10.1 Å². The van der Waals surface area contributed by atoms with Crippen LogP contribution < -0.4 is 15.4 Å². The van der Waals surface area contributed by atoms with Gasteiger partial charge in [0.25, 0.3) is 5.69 Å². The van der Waals surface area contributed by atoms with Gasteiger partial charge in [-0.15, -0.1) is 0 Å². The normalized spacial score (nSPS) is 9.86. The van der Waals surface area contributed by atoms with Crippen molar-refractivity contribution >= 4 is 28.7 Å². The summed E-state index contributed by atoms with van der Waals surface area (Å²) in [6.07, 6.45) is 0. The number of hydrogen-bond acceptors (Lipinski definition) is 4. The lowest BCUT2D eigenvalue weighted by Crippen LogP contribution is -2.27. The molecule has 0 aromatic heterocycles. The minimum atomic E-state index is -0.440. The number of nitrogens with one attached hydrogen (secondary N) is 2. The number of anilines is 1. The van der Waals surface area contributed by atoms with Crippen LogP contribution in [0.3, 0.4) is 0 Å². The van der Waals surface area contributed by atoms with Crippen molar-refractivity contribution in [2.24, 2.45) is 0 Å². The fraction of sp³-hybridized carbons (Fsp3) is 0.133. The lowest BCUT2D eigenvalue weighted by Gasteiger charge is -2.10. The van der Waals surface area contributed by atoms with Gasteiger partial charge in [-0.05, 0) is 42.0 Å². The third kappa shape index (κ3) is 4.42. The Morgan fingerprint density at radius 2 is 1.82 bits per heavy atom. The summed E-state index contributed by atoms with van der Waals surface area (Å²) in [5.74, 6) is 0.801. The molecular weight excluding hydrogens is 302 g/mol. The van der Waals surface area contributed by atoms with Crippen LogP contribution in [0.5, 0.6) is 5.75 Å². The number of methoxy groups -OCH3 is 1. The van der Waals surface area contributed by atoms with E-state index < -0.39 is 4.92 Å². The second-order valence-electron chi connectivity index (χ2n) is 4.46. The van der Waals surface area contributed by atoms with Crippen molar-refractivity contribution in [3.8, 4) is 5.75 Å². The van der Waals surface area contributed by atoms with Gasteiger partial charge in [0.1, 0.15) is 5.75 Å². The Hall–Kier alpha value is -2.67. The summed E-state index contributed by atoms with van der Waals surface area (Å²) in [7, 11) is 1.62. The SMILES string of the molecule is COc1ccc(CNC(=S)Nc2ccc([N+](=O)[O-])cc2)cc1. The van der Waals surface area contributed by atoms with Crippen molar-refractivity contribution in [1.82, 2.24) is 5.32 Å². The maximum Gasteiger partial charge on any atom is 0.269 e. The molecule has 2 N–H and O–H groups in total. The number of thiocarbonyl (C=S) groups is 1. The number of benzene rings is 2. The summed E-state index contributed by atoms with van der Waals surface area (Å²) >= 11 is 5.19. The van der Waals surface area contributed by atoms with Gasteiger partial charge < -0.3 is 15.4 Å². The fourth-order valence-electron chi connectivity index (χ4n) is 1.77. The van der Waals surface area contributed by atoms with Gasteiger partial charge in [0, 0.05) is 24.4 Å². The molecule has 2 aromatic rings. The van der Waals surface area contributed by atoms with Gasteiger partial charge >= 0.3 is 0 Å². The number of non-ortho nitro benzene ring substituents is 1. The van der Waals surface area contributed by atoms with Crippen LogP contribution in [0.4, 0.5) is 11.4 Å². The van der Waals surface area contributed by atoms with Gasteiger partial charge in [-0.25, -0.2) is 0 Å². The molecule has 0 unspecified atom stereocenters. The van der Waals surface area contributed by atoms with Crippen molar-refractivity contribution < 1.29 is 9.66 Å². The van der Waals surface area contributed by atoms with Crippen LogP contribution in [0.25, 0.3) is 0 Å². The molecule has 2 aromatic carbocycles. The van der Waals surface area contributed by atoms with Gasteiger partial charge in [-0.2, -0.15) is 0 Å². The number of ether oxygens (including phenoxy) is 1. The molecule has 0 aliphatic rings. The van der Waals surface area contributed by atoms with E-state index in [4.69, 9.17) is 17.0 Å². The van der Waals surface area contributed by atoms with Crippen LogP contribution in [0.15, 0.2) is 48.5 Å². The predicted molar refractivity (Wildman–Crippen MR) is 89.2 cm³/mol. The van der Waals surface area contributed by atoms with Crippen LogP contribution in [0.1, 0.15) is 5.56 Å². The molecule has 7 heteroatoms. The van der Waals surface area contributed by atoms with Crippen molar-refractivity contribution in [3.05, 3.63) is 64.2 Å². The molecule has 2 rings (SSSR count). The first kappa shape index (κ1) is 15.7. The molecule has 0 fully saturated rings. The van der Waals surface area contributed by atoms with E-state index in [-0.39, 0.29) is 5.69 Å². The van der Waals surface area contributed by atoms with E-state index in [1.54, 1.807) is 19.2 Å². The first-order valence-electron chi connectivity index (χ1n) is 6.51. The summed E-state index contributed by atoms with van der Waals surface area (Å²) in [6, 6.07) is 13.7. The monoisotopic (exact) mass is 317 g/mol. The van der Waals surface area contributed by atoms with Crippen molar-refractivity contribution in [2.45, 2.75) is 6.54 Å². The molecule has 0 aliphatic heterocycles. The maximum absolute atomic E-state index is 10.6. The van der Waals surface area contributed by atoms with Crippen LogP contribution in [-0.4, -0.2) is 17.1 Å². The van der Waals surface area contributed by atoms with Crippen molar-refractivity contribution in [3.63, 3.8) is 0 Å². The molecular formula is C15H15N3O3S. The first-order chi connectivity index (χ1) is 10.6. The average molecular weight is 317 g/mol. The molecule has 0 saturated carbocycles. The smallest absolute Gasteiger partial charge is 0.269 e. The molecule has 0 radical (unpaired) electrons. The quantitative estimate of drug-likeness (QED) is 0.501.